The molecule has 1 aliphatic heterocycles. The number of nitrogen functional groups attached to an aromatic ring is 1. The summed E-state index contributed by atoms with van der Waals surface area (Å²) < 4.78 is 0. The molecule has 1 saturated heterocycles. The number of nitrogens with one attached hydrogen (secondary N) is 1. The fraction of sp³-hybridized carbons (Fsp3) is 0.562. The highest BCUT2D eigenvalue weighted by atomic mass is 16.1. The van der Waals surface area contributed by atoms with Crippen molar-refractivity contribution in [2.45, 2.75) is 31.3 Å². The Kier molecular flexibility index (Phi) is 3.76. The van der Waals surface area contributed by atoms with E-state index in [1.54, 1.807) is 6.07 Å². The molecular formula is C16H24N4O. The highest BCUT2D eigenvalue weighted by Crippen LogP contribution is 2.30. The van der Waals surface area contributed by atoms with Crippen molar-refractivity contribution in [2.24, 2.45) is 0 Å². The molecule has 114 valence electrons. The Morgan fingerprint density at radius 1 is 1.33 bits per heavy atom. The van der Waals surface area contributed by atoms with E-state index in [0.717, 1.165) is 31.2 Å². The van der Waals surface area contributed by atoms with Crippen molar-refractivity contribution < 1.29 is 4.79 Å². The number of carbonyl (C=O) groups excluding carboxylic acids is 1. The SMILES string of the molecule is CN(C)c1ccc(C(=O)NC2CCN(C3CC3)C2)cc1N. The molecule has 5 heteroatoms. The molecule has 1 aromatic carbocycles. The smallest absolute Gasteiger partial charge is 0.251 e. The van der Waals surface area contributed by atoms with Crippen molar-refractivity contribution in [1.82, 2.24) is 10.2 Å². The average Bonchev–Trinajstić information content (AvgIpc) is 3.19. The molecule has 5 nitrogen and oxygen atoms in total. The number of likely N-dealkylation sites (tertiary alicyclic amines) is 1. The lowest BCUT2D eigenvalue weighted by Crippen LogP contribution is -2.37. The Hall–Kier alpha value is -1.75. The van der Waals surface area contributed by atoms with Gasteiger partial charge in [-0.2, -0.15) is 0 Å². The van der Waals surface area contributed by atoms with Crippen LogP contribution in [0.5, 0.6) is 0 Å². The van der Waals surface area contributed by atoms with E-state index in [2.05, 4.69) is 10.2 Å². The Labute approximate surface area is 126 Å². The molecule has 1 atom stereocenters. The maximum Gasteiger partial charge on any atom is 0.251 e. The summed E-state index contributed by atoms with van der Waals surface area (Å²) in [4.78, 5) is 16.8. The fourth-order valence-corrected chi connectivity index (χ4v) is 3.05. The Bertz CT molecular complexity index is 539. The molecule has 21 heavy (non-hydrogen) atoms. The second kappa shape index (κ2) is 5.56. The minimum Gasteiger partial charge on any atom is -0.397 e. The van der Waals surface area contributed by atoms with Gasteiger partial charge in [-0.25, -0.2) is 0 Å². The van der Waals surface area contributed by atoms with Gasteiger partial charge in [0.05, 0.1) is 11.4 Å². The van der Waals surface area contributed by atoms with E-state index in [0.29, 0.717) is 11.3 Å². The zero-order valence-electron chi connectivity index (χ0n) is 12.8. The molecule has 0 spiro atoms. The number of hydrogen-bond donors (Lipinski definition) is 2. The monoisotopic (exact) mass is 288 g/mol. The molecule has 0 radical (unpaired) electrons. The summed E-state index contributed by atoms with van der Waals surface area (Å²) in [6.45, 7) is 2.10. The van der Waals surface area contributed by atoms with E-state index < -0.39 is 0 Å². The fourth-order valence-electron chi connectivity index (χ4n) is 3.05. The van der Waals surface area contributed by atoms with Crippen molar-refractivity contribution in [3.05, 3.63) is 23.8 Å². The maximum absolute atomic E-state index is 12.3. The number of anilines is 2. The van der Waals surface area contributed by atoms with Crippen LogP contribution in [0.25, 0.3) is 0 Å². The van der Waals surface area contributed by atoms with E-state index in [-0.39, 0.29) is 11.9 Å². The van der Waals surface area contributed by atoms with Crippen molar-refractivity contribution in [1.29, 1.82) is 0 Å². The summed E-state index contributed by atoms with van der Waals surface area (Å²) in [7, 11) is 3.88. The van der Waals surface area contributed by atoms with Crippen LogP contribution in [0.15, 0.2) is 18.2 Å². The highest BCUT2D eigenvalue weighted by molar-refractivity contribution is 5.96. The van der Waals surface area contributed by atoms with Crippen LogP contribution in [0.2, 0.25) is 0 Å². The molecule has 1 heterocycles. The molecule has 0 bridgehead atoms. The number of carbonyl (C=O) groups is 1. The summed E-state index contributed by atoms with van der Waals surface area (Å²) in [5.41, 5.74) is 8.23. The van der Waals surface area contributed by atoms with Gasteiger partial charge in [0.1, 0.15) is 0 Å². The van der Waals surface area contributed by atoms with E-state index in [1.165, 1.54) is 12.8 Å². The third-order valence-corrected chi connectivity index (χ3v) is 4.39. The highest BCUT2D eigenvalue weighted by Gasteiger charge is 2.34. The van der Waals surface area contributed by atoms with Crippen LogP contribution in [0, 0.1) is 0 Å². The maximum atomic E-state index is 12.3. The molecule has 1 saturated carbocycles. The van der Waals surface area contributed by atoms with Crippen LogP contribution < -0.4 is 16.0 Å². The van der Waals surface area contributed by atoms with Crippen LogP contribution in [-0.2, 0) is 0 Å². The van der Waals surface area contributed by atoms with Crippen molar-refractivity contribution in [3.63, 3.8) is 0 Å². The second-order valence-electron chi connectivity index (χ2n) is 6.35. The molecule has 1 unspecified atom stereocenters. The lowest BCUT2D eigenvalue weighted by Gasteiger charge is -2.18. The number of benzene rings is 1. The lowest BCUT2D eigenvalue weighted by atomic mass is 10.1. The number of amides is 1. The minimum absolute atomic E-state index is 0.0188. The zero-order chi connectivity index (χ0) is 15.0. The molecule has 2 aliphatic rings. The lowest BCUT2D eigenvalue weighted by molar-refractivity contribution is 0.0937. The van der Waals surface area contributed by atoms with Gasteiger partial charge in [0.25, 0.3) is 5.91 Å². The quantitative estimate of drug-likeness (QED) is 0.820. The van der Waals surface area contributed by atoms with Gasteiger partial charge in [-0.1, -0.05) is 0 Å². The summed E-state index contributed by atoms with van der Waals surface area (Å²) in [6, 6.07) is 6.55. The van der Waals surface area contributed by atoms with Crippen molar-refractivity contribution in [2.75, 3.05) is 37.8 Å². The number of nitrogens with zero attached hydrogens (tertiary/aromatic N) is 2. The van der Waals surface area contributed by atoms with Crippen LogP contribution >= 0.6 is 0 Å². The molecule has 2 fully saturated rings. The summed E-state index contributed by atoms with van der Waals surface area (Å²) in [5, 5.41) is 3.13. The van der Waals surface area contributed by atoms with Gasteiger partial charge in [-0.15, -0.1) is 0 Å². The topological polar surface area (TPSA) is 61.6 Å². The third-order valence-electron chi connectivity index (χ3n) is 4.39. The average molecular weight is 288 g/mol. The van der Waals surface area contributed by atoms with Crippen molar-refractivity contribution in [3.8, 4) is 0 Å². The summed E-state index contributed by atoms with van der Waals surface area (Å²) in [6.07, 6.45) is 3.69. The van der Waals surface area contributed by atoms with Gasteiger partial charge in [0, 0.05) is 44.8 Å². The first-order chi connectivity index (χ1) is 10.0. The molecule has 1 aromatic rings. The van der Waals surface area contributed by atoms with Gasteiger partial charge in [0.2, 0.25) is 0 Å². The normalized spacial score (nSPS) is 22.3. The van der Waals surface area contributed by atoms with E-state index in [4.69, 9.17) is 5.73 Å². The largest absolute Gasteiger partial charge is 0.397 e. The molecule has 0 aromatic heterocycles. The number of hydrogen-bond acceptors (Lipinski definition) is 4. The zero-order valence-corrected chi connectivity index (χ0v) is 12.8. The van der Waals surface area contributed by atoms with Gasteiger partial charge in [-0.05, 0) is 37.5 Å². The number of nitrogens with two attached hydrogens (primary N) is 1. The first-order valence-electron chi connectivity index (χ1n) is 7.66. The predicted molar refractivity (Wildman–Crippen MR) is 85.6 cm³/mol. The standard InChI is InChI=1S/C16H24N4O/c1-19(2)15-6-3-11(9-14(15)17)16(21)18-12-7-8-20(10-12)13-4-5-13/h3,6,9,12-13H,4-5,7-8,10,17H2,1-2H3,(H,18,21). The van der Waals surface area contributed by atoms with E-state index in [9.17, 15) is 4.79 Å². The first-order valence-corrected chi connectivity index (χ1v) is 7.66. The minimum atomic E-state index is -0.0188. The van der Waals surface area contributed by atoms with Crippen molar-refractivity contribution >= 4 is 17.3 Å². The van der Waals surface area contributed by atoms with Crippen LogP contribution in [0.3, 0.4) is 0 Å². The predicted octanol–water partition coefficient (Wildman–Crippen LogP) is 1.30. The second-order valence-corrected chi connectivity index (χ2v) is 6.35. The van der Waals surface area contributed by atoms with Gasteiger partial charge >= 0.3 is 0 Å². The van der Waals surface area contributed by atoms with Crippen LogP contribution in [0.1, 0.15) is 29.6 Å². The molecule has 1 amide bonds. The molecule has 1 aliphatic carbocycles. The van der Waals surface area contributed by atoms with Crippen LogP contribution in [-0.4, -0.2) is 50.1 Å². The Balaban J connectivity index is 1.61. The Morgan fingerprint density at radius 2 is 2.10 bits per heavy atom. The van der Waals surface area contributed by atoms with Crippen LogP contribution in [0.4, 0.5) is 11.4 Å². The van der Waals surface area contributed by atoms with E-state index >= 15 is 0 Å². The summed E-state index contributed by atoms with van der Waals surface area (Å²) in [5.74, 6) is -0.0188. The summed E-state index contributed by atoms with van der Waals surface area (Å²) >= 11 is 0. The van der Waals surface area contributed by atoms with E-state index in [1.807, 2.05) is 31.1 Å². The van der Waals surface area contributed by atoms with Gasteiger partial charge in [-0.3, -0.25) is 9.69 Å². The third kappa shape index (κ3) is 3.13. The Morgan fingerprint density at radius 3 is 2.71 bits per heavy atom. The van der Waals surface area contributed by atoms with Gasteiger partial charge < -0.3 is 16.0 Å². The first kappa shape index (κ1) is 14.2. The molecule has 3 N–H and O–H groups in total. The molecule has 3 rings (SSSR count). The molecular weight excluding hydrogens is 264 g/mol. The van der Waals surface area contributed by atoms with Gasteiger partial charge in [0.15, 0.2) is 0 Å². The number of rotatable bonds is 4.